The van der Waals surface area contributed by atoms with Crippen molar-refractivity contribution < 1.29 is 17.9 Å². The first-order valence-electron chi connectivity index (χ1n) is 14.7. The number of aryl methyl sites for hydroxylation is 1. The van der Waals surface area contributed by atoms with E-state index in [0.717, 1.165) is 25.1 Å². The van der Waals surface area contributed by atoms with Gasteiger partial charge in [-0.1, -0.05) is 26.3 Å². The Bertz CT molecular complexity index is 1730. The fraction of sp³-hybridized carbons (Fsp3) is 0.467. The molecule has 230 valence electrons. The van der Waals surface area contributed by atoms with Crippen LogP contribution in [0.3, 0.4) is 0 Å². The summed E-state index contributed by atoms with van der Waals surface area (Å²) in [7, 11) is -0.531. The predicted octanol–water partition coefficient (Wildman–Crippen LogP) is 2.88. The molecule has 5 rings (SSSR count). The highest BCUT2D eigenvalue weighted by Crippen LogP contribution is 2.33. The van der Waals surface area contributed by atoms with Crippen LogP contribution in [0, 0.1) is 0 Å². The summed E-state index contributed by atoms with van der Waals surface area (Å²) < 4.78 is 43.4. The van der Waals surface area contributed by atoms with E-state index in [4.69, 9.17) is 14.5 Å². The molecule has 0 aliphatic carbocycles. The van der Waals surface area contributed by atoms with Crippen LogP contribution in [-0.2, 0) is 28.2 Å². The molecule has 0 bridgehead atoms. The molecular formula is C30H39N7O5S. The van der Waals surface area contributed by atoms with E-state index in [1.54, 1.807) is 43.2 Å². The second kappa shape index (κ2) is 13.3. The van der Waals surface area contributed by atoms with Gasteiger partial charge in [0.2, 0.25) is 10.0 Å². The molecule has 4 aromatic rings. The van der Waals surface area contributed by atoms with Gasteiger partial charge < -0.3 is 9.47 Å². The monoisotopic (exact) mass is 609 g/mol. The molecule has 1 aliphatic rings. The molecule has 0 amide bonds. The third kappa shape index (κ3) is 6.21. The number of nitrogens with zero attached hydrogens (tertiary/aromatic N) is 7. The Labute approximate surface area is 251 Å². The molecule has 0 atom stereocenters. The number of benzene rings is 1. The molecule has 0 N–H and O–H groups in total. The molecule has 1 saturated heterocycles. The molecule has 1 aromatic carbocycles. The zero-order valence-electron chi connectivity index (χ0n) is 25.2. The number of fused-ring (bicyclic) bond motifs is 1. The quantitative estimate of drug-likeness (QED) is 0.238. The Morgan fingerprint density at radius 3 is 2.44 bits per heavy atom. The molecule has 0 spiro atoms. The Morgan fingerprint density at radius 1 is 0.977 bits per heavy atom. The number of piperazine rings is 1. The lowest BCUT2D eigenvalue weighted by atomic mass is 10.1. The molecule has 12 nitrogen and oxygen atoms in total. The molecule has 1 aliphatic heterocycles. The van der Waals surface area contributed by atoms with Crippen molar-refractivity contribution in [3.05, 3.63) is 58.6 Å². The topological polar surface area (TPSA) is 125 Å². The molecule has 13 heteroatoms. The van der Waals surface area contributed by atoms with Crippen molar-refractivity contribution in [3.63, 3.8) is 0 Å². The summed E-state index contributed by atoms with van der Waals surface area (Å²) >= 11 is 0. The van der Waals surface area contributed by atoms with E-state index in [0.29, 0.717) is 74.3 Å². The van der Waals surface area contributed by atoms with Crippen molar-refractivity contribution in [3.8, 4) is 23.0 Å². The van der Waals surface area contributed by atoms with Crippen molar-refractivity contribution in [1.29, 1.82) is 0 Å². The van der Waals surface area contributed by atoms with Crippen LogP contribution in [0.5, 0.6) is 5.75 Å². The summed E-state index contributed by atoms with van der Waals surface area (Å²) in [6.07, 6.45) is 3.86. The van der Waals surface area contributed by atoms with Crippen LogP contribution in [0.2, 0.25) is 0 Å². The van der Waals surface area contributed by atoms with Crippen LogP contribution in [0.25, 0.3) is 28.2 Å². The highest BCUT2D eigenvalue weighted by molar-refractivity contribution is 7.89. The molecule has 4 heterocycles. The second-order valence-electron chi connectivity index (χ2n) is 10.5. The Balaban J connectivity index is 1.61. The minimum absolute atomic E-state index is 0.129. The minimum Gasteiger partial charge on any atom is -0.493 e. The van der Waals surface area contributed by atoms with Crippen molar-refractivity contribution in [2.45, 2.75) is 38.0 Å². The van der Waals surface area contributed by atoms with Crippen LogP contribution < -0.4 is 10.3 Å². The minimum atomic E-state index is -3.81. The Hall–Kier alpha value is -3.65. The fourth-order valence-electron chi connectivity index (χ4n) is 5.26. The number of sulfonamides is 1. The van der Waals surface area contributed by atoms with Gasteiger partial charge in [0.15, 0.2) is 11.3 Å². The summed E-state index contributed by atoms with van der Waals surface area (Å²) in [6, 6.07) is 10.3. The molecular weight excluding hydrogens is 570 g/mol. The van der Waals surface area contributed by atoms with Crippen LogP contribution in [-0.4, -0.2) is 95.0 Å². The van der Waals surface area contributed by atoms with E-state index >= 15 is 0 Å². The maximum absolute atomic E-state index is 13.8. The lowest BCUT2D eigenvalue weighted by Crippen LogP contribution is -2.49. The van der Waals surface area contributed by atoms with Gasteiger partial charge in [-0.15, -0.1) is 0 Å². The third-order valence-corrected chi connectivity index (χ3v) is 9.48. The first-order valence-corrected chi connectivity index (χ1v) is 16.1. The number of hydrogen-bond donors (Lipinski definition) is 0. The maximum atomic E-state index is 13.8. The van der Waals surface area contributed by atoms with Crippen LogP contribution in [0.1, 0.15) is 32.4 Å². The van der Waals surface area contributed by atoms with Gasteiger partial charge in [0.05, 0.1) is 29.4 Å². The molecule has 0 radical (unpaired) electrons. The van der Waals surface area contributed by atoms with E-state index in [1.807, 2.05) is 32.0 Å². The lowest BCUT2D eigenvalue weighted by molar-refractivity contribution is 0.123. The van der Waals surface area contributed by atoms with E-state index in [-0.39, 0.29) is 16.0 Å². The largest absolute Gasteiger partial charge is 0.493 e. The van der Waals surface area contributed by atoms with Crippen LogP contribution in [0.4, 0.5) is 0 Å². The zero-order chi connectivity index (χ0) is 30.6. The van der Waals surface area contributed by atoms with E-state index in [2.05, 4.69) is 15.0 Å². The summed E-state index contributed by atoms with van der Waals surface area (Å²) in [5.41, 5.74) is 1.55. The van der Waals surface area contributed by atoms with E-state index in [9.17, 15) is 13.2 Å². The number of methoxy groups -OCH3 is 1. The van der Waals surface area contributed by atoms with Gasteiger partial charge in [0.1, 0.15) is 17.1 Å². The third-order valence-electron chi connectivity index (χ3n) is 7.58. The van der Waals surface area contributed by atoms with Gasteiger partial charge in [0, 0.05) is 53.1 Å². The zero-order valence-corrected chi connectivity index (χ0v) is 26.0. The molecule has 43 heavy (non-hydrogen) atoms. The van der Waals surface area contributed by atoms with E-state index in [1.165, 1.54) is 8.87 Å². The van der Waals surface area contributed by atoms with Crippen LogP contribution >= 0.6 is 0 Å². The molecule has 0 saturated carbocycles. The summed E-state index contributed by atoms with van der Waals surface area (Å²) in [6.45, 7) is 7.84. The fourth-order valence-corrected chi connectivity index (χ4v) is 6.71. The molecule has 1 fully saturated rings. The normalized spacial score (nSPS) is 14.9. The number of aromatic nitrogens is 5. The number of ether oxygens (including phenoxy) is 2. The Kier molecular flexibility index (Phi) is 9.55. The van der Waals surface area contributed by atoms with Gasteiger partial charge in [-0.25, -0.2) is 23.1 Å². The number of rotatable bonds is 12. The standard InChI is InChI=1S/C30H39N7O5S/c1-5-9-24-27-28(33-37(24)26-10-7-8-13-31-26)30(38)34(3)29(32-27)23-21-22(11-12-25(23)42-19-6-2)43(39,40)36-16-14-35(15-17-36)18-20-41-4/h7-8,10-13,21H,5-6,9,14-20H2,1-4H3. The van der Waals surface area contributed by atoms with Gasteiger partial charge in [-0.2, -0.15) is 9.40 Å². The second-order valence-corrected chi connectivity index (χ2v) is 12.5. The van der Waals surface area contributed by atoms with Gasteiger partial charge >= 0.3 is 0 Å². The Morgan fingerprint density at radius 2 is 1.77 bits per heavy atom. The van der Waals surface area contributed by atoms with Crippen molar-refractivity contribution in [2.24, 2.45) is 7.05 Å². The first kappa shape index (κ1) is 30.8. The lowest BCUT2D eigenvalue weighted by Gasteiger charge is -2.33. The average Bonchev–Trinajstić information content (AvgIpc) is 3.39. The summed E-state index contributed by atoms with van der Waals surface area (Å²) in [5, 5.41) is 4.62. The SMILES string of the molecule is CCCOc1ccc(S(=O)(=O)N2CCN(CCOC)CC2)cc1-c1nc2c(CCC)n(-c3ccccn3)nc2c(=O)n1C. The average molecular weight is 610 g/mol. The van der Waals surface area contributed by atoms with Crippen LogP contribution in [0.15, 0.2) is 52.3 Å². The maximum Gasteiger partial charge on any atom is 0.281 e. The summed E-state index contributed by atoms with van der Waals surface area (Å²) in [5.74, 6) is 1.36. The van der Waals surface area contributed by atoms with Crippen molar-refractivity contribution >= 4 is 21.1 Å². The molecule has 3 aromatic heterocycles. The highest BCUT2D eigenvalue weighted by Gasteiger charge is 2.30. The smallest absolute Gasteiger partial charge is 0.281 e. The number of hydrogen-bond acceptors (Lipinski definition) is 9. The van der Waals surface area contributed by atoms with Gasteiger partial charge in [-0.3, -0.25) is 14.3 Å². The van der Waals surface area contributed by atoms with Crippen molar-refractivity contribution in [2.75, 3.05) is 53.0 Å². The number of pyridine rings is 1. The summed E-state index contributed by atoms with van der Waals surface area (Å²) in [4.78, 5) is 25.4. The van der Waals surface area contributed by atoms with E-state index < -0.39 is 10.0 Å². The van der Waals surface area contributed by atoms with Crippen molar-refractivity contribution in [1.82, 2.24) is 33.5 Å². The predicted molar refractivity (Wildman–Crippen MR) is 164 cm³/mol. The molecule has 0 unspecified atom stereocenters. The van der Waals surface area contributed by atoms with Gasteiger partial charge in [0.25, 0.3) is 5.56 Å². The first-order chi connectivity index (χ1) is 20.8. The highest BCUT2D eigenvalue weighted by atomic mass is 32.2. The van der Waals surface area contributed by atoms with Gasteiger partial charge in [-0.05, 0) is 43.2 Å².